The van der Waals surface area contributed by atoms with Gasteiger partial charge >= 0.3 is 17.9 Å². The molecule has 18 nitrogen and oxygen atoms in total. The van der Waals surface area contributed by atoms with E-state index in [0.29, 0.717) is 0 Å². The molecule has 0 bridgehead atoms. The third-order valence-electron chi connectivity index (χ3n) is 4.34. The monoisotopic (exact) mass is 518 g/mol. The van der Waals surface area contributed by atoms with Crippen LogP contribution in [0.15, 0.2) is 4.99 Å². The van der Waals surface area contributed by atoms with Crippen LogP contribution in [-0.2, 0) is 33.6 Å². The molecule has 0 aliphatic heterocycles. The van der Waals surface area contributed by atoms with Crippen molar-refractivity contribution in [2.75, 3.05) is 6.54 Å². The number of guanidine groups is 1. The summed E-state index contributed by atoms with van der Waals surface area (Å²) in [6.45, 7) is 0.0316. The van der Waals surface area contributed by atoms with Gasteiger partial charge in [0.2, 0.25) is 23.6 Å². The number of amides is 4. The molecular weight excluding hydrogens is 488 g/mol. The fraction of sp³-hybridized carbons (Fsp3) is 0.556. The standard InChI is InChI=1S/C18H30N8O10/c19-7(4-12(28)29)14(32)24-8(2-1-3-23-18(21)22)15(33)25-9(5-11(20)27)16(34)26-10(17(35)36)6-13(30)31/h7-10H,1-6,19H2,(H2,20,27)(H,24,32)(H,25,33)(H,26,34)(H,28,29)(H,30,31)(H,35,36)(H4,21,22,23). The Balaban J connectivity index is 5.67. The summed E-state index contributed by atoms with van der Waals surface area (Å²) < 4.78 is 0. The highest BCUT2D eigenvalue weighted by atomic mass is 16.4. The van der Waals surface area contributed by atoms with E-state index in [1.807, 2.05) is 5.32 Å². The van der Waals surface area contributed by atoms with Crippen LogP contribution >= 0.6 is 0 Å². The van der Waals surface area contributed by atoms with Crippen molar-refractivity contribution in [1.29, 1.82) is 0 Å². The van der Waals surface area contributed by atoms with E-state index in [1.165, 1.54) is 0 Å². The van der Waals surface area contributed by atoms with Crippen molar-refractivity contribution in [3.8, 4) is 0 Å². The third-order valence-corrected chi connectivity index (χ3v) is 4.34. The summed E-state index contributed by atoms with van der Waals surface area (Å²) in [6, 6.07) is -6.56. The van der Waals surface area contributed by atoms with Crippen molar-refractivity contribution in [2.24, 2.45) is 27.9 Å². The van der Waals surface area contributed by atoms with E-state index in [9.17, 15) is 33.6 Å². The number of nitrogens with zero attached hydrogens (tertiary/aromatic N) is 1. The number of nitrogens with two attached hydrogens (primary N) is 4. The molecule has 14 N–H and O–H groups in total. The van der Waals surface area contributed by atoms with Gasteiger partial charge in [-0.15, -0.1) is 0 Å². The molecule has 0 saturated heterocycles. The number of nitrogens with one attached hydrogen (secondary N) is 3. The number of aliphatic imine (C=N–C) groups is 1. The molecule has 0 aliphatic carbocycles. The van der Waals surface area contributed by atoms with Crippen LogP contribution in [0.5, 0.6) is 0 Å². The Labute approximate surface area is 203 Å². The maximum atomic E-state index is 12.8. The van der Waals surface area contributed by atoms with Crippen molar-refractivity contribution in [3.63, 3.8) is 0 Å². The molecule has 0 heterocycles. The molecule has 0 fully saturated rings. The second kappa shape index (κ2) is 15.4. The number of primary amides is 1. The molecule has 0 aromatic carbocycles. The lowest BCUT2D eigenvalue weighted by atomic mass is 10.1. The zero-order valence-electron chi connectivity index (χ0n) is 19.0. The minimum absolute atomic E-state index is 0.0316. The van der Waals surface area contributed by atoms with Crippen molar-refractivity contribution in [2.45, 2.75) is 56.3 Å². The van der Waals surface area contributed by atoms with Crippen molar-refractivity contribution >= 4 is 47.5 Å². The second-order valence-corrected chi connectivity index (χ2v) is 7.44. The van der Waals surface area contributed by atoms with Crippen LogP contribution < -0.4 is 38.9 Å². The number of carbonyl (C=O) groups excluding carboxylic acids is 4. The number of carboxylic acids is 3. The summed E-state index contributed by atoms with van der Waals surface area (Å²) in [5.74, 6) is -9.20. The smallest absolute Gasteiger partial charge is 0.326 e. The van der Waals surface area contributed by atoms with Gasteiger partial charge in [-0.05, 0) is 12.8 Å². The molecule has 0 spiro atoms. The number of hydrogen-bond donors (Lipinski definition) is 10. The molecule has 0 aromatic heterocycles. The molecule has 0 radical (unpaired) electrons. The highest BCUT2D eigenvalue weighted by Gasteiger charge is 2.32. The SMILES string of the molecule is NC(=O)CC(NC(=O)C(CCCN=C(N)N)NC(=O)C(N)CC(=O)O)C(=O)NC(CC(=O)O)C(=O)O. The first-order valence-corrected chi connectivity index (χ1v) is 10.3. The Kier molecular flexibility index (Phi) is 13.5. The maximum Gasteiger partial charge on any atom is 0.326 e. The molecule has 4 amide bonds. The highest BCUT2D eigenvalue weighted by molar-refractivity contribution is 5.96. The first-order chi connectivity index (χ1) is 16.6. The predicted octanol–water partition coefficient (Wildman–Crippen LogP) is -5.27. The summed E-state index contributed by atoms with van der Waals surface area (Å²) in [4.78, 5) is 85.5. The molecular formula is C18H30N8O10. The van der Waals surface area contributed by atoms with E-state index >= 15 is 0 Å². The average Bonchev–Trinajstić information content (AvgIpc) is 2.73. The minimum atomic E-state index is -1.88. The lowest BCUT2D eigenvalue weighted by Crippen LogP contribution is -2.58. The summed E-state index contributed by atoms with van der Waals surface area (Å²) >= 11 is 0. The van der Waals surface area contributed by atoms with E-state index in [4.69, 9.17) is 38.3 Å². The van der Waals surface area contributed by atoms with Crippen molar-refractivity contribution in [3.05, 3.63) is 0 Å². The van der Waals surface area contributed by atoms with Crippen LogP contribution in [0.2, 0.25) is 0 Å². The molecule has 0 rings (SSSR count). The summed E-state index contributed by atoms with van der Waals surface area (Å²) in [5, 5.41) is 32.9. The van der Waals surface area contributed by atoms with Crippen LogP contribution in [0.1, 0.15) is 32.1 Å². The molecule has 202 valence electrons. The molecule has 0 aromatic rings. The number of rotatable bonds is 17. The van der Waals surface area contributed by atoms with Gasteiger partial charge in [-0.2, -0.15) is 0 Å². The summed E-state index contributed by atoms with van der Waals surface area (Å²) in [7, 11) is 0. The van der Waals surface area contributed by atoms with Gasteiger partial charge in [0, 0.05) is 6.54 Å². The Morgan fingerprint density at radius 3 is 1.67 bits per heavy atom. The van der Waals surface area contributed by atoms with Crippen molar-refractivity contribution in [1.82, 2.24) is 16.0 Å². The Morgan fingerprint density at radius 1 is 0.694 bits per heavy atom. The third kappa shape index (κ3) is 13.3. The Bertz CT molecular complexity index is 889. The van der Waals surface area contributed by atoms with Crippen LogP contribution in [0, 0.1) is 0 Å². The normalized spacial score (nSPS) is 13.7. The number of hydrogen-bond acceptors (Lipinski definition) is 9. The van der Waals surface area contributed by atoms with Crippen LogP contribution in [0.25, 0.3) is 0 Å². The number of aliphatic carboxylic acids is 3. The summed E-state index contributed by atoms with van der Waals surface area (Å²) in [5.41, 5.74) is 21.0. The zero-order valence-corrected chi connectivity index (χ0v) is 19.0. The molecule has 4 atom stereocenters. The van der Waals surface area contributed by atoms with E-state index in [2.05, 4.69) is 15.6 Å². The largest absolute Gasteiger partial charge is 0.481 e. The molecule has 0 aliphatic rings. The van der Waals surface area contributed by atoms with Gasteiger partial charge < -0.3 is 54.2 Å². The van der Waals surface area contributed by atoms with Gasteiger partial charge in [0.15, 0.2) is 5.96 Å². The Hall–Kier alpha value is -4.48. The first-order valence-electron chi connectivity index (χ1n) is 10.3. The molecule has 4 unspecified atom stereocenters. The molecule has 36 heavy (non-hydrogen) atoms. The van der Waals surface area contributed by atoms with Crippen LogP contribution in [0.4, 0.5) is 0 Å². The van der Waals surface area contributed by atoms with Crippen LogP contribution in [0.3, 0.4) is 0 Å². The summed E-state index contributed by atoms with van der Waals surface area (Å²) in [6.07, 6.45) is -2.55. The van der Waals surface area contributed by atoms with E-state index in [1.54, 1.807) is 0 Å². The quantitative estimate of drug-likeness (QED) is 0.0489. The predicted molar refractivity (Wildman–Crippen MR) is 120 cm³/mol. The maximum absolute atomic E-state index is 12.8. The average molecular weight is 518 g/mol. The highest BCUT2D eigenvalue weighted by Crippen LogP contribution is 2.04. The van der Waals surface area contributed by atoms with Gasteiger partial charge in [-0.25, -0.2) is 4.79 Å². The van der Waals surface area contributed by atoms with Gasteiger partial charge in [0.05, 0.1) is 25.3 Å². The first kappa shape index (κ1) is 31.5. The number of carboxylic acid groups (broad SMARTS) is 3. The second-order valence-electron chi connectivity index (χ2n) is 7.44. The zero-order chi connectivity index (χ0) is 28.0. The van der Waals surface area contributed by atoms with Gasteiger partial charge in [-0.1, -0.05) is 0 Å². The topological polar surface area (TPSA) is 333 Å². The van der Waals surface area contributed by atoms with Gasteiger partial charge in [0.25, 0.3) is 0 Å². The van der Waals surface area contributed by atoms with E-state index in [0.717, 1.165) is 0 Å². The van der Waals surface area contributed by atoms with Gasteiger partial charge in [0.1, 0.15) is 18.1 Å². The molecule has 0 saturated carbocycles. The molecule has 18 heteroatoms. The van der Waals surface area contributed by atoms with Crippen LogP contribution in [-0.4, -0.2) is 93.5 Å². The van der Waals surface area contributed by atoms with Crippen molar-refractivity contribution < 1.29 is 48.9 Å². The Morgan fingerprint density at radius 2 is 1.19 bits per heavy atom. The fourth-order valence-corrected chi connectivity index (χ4v) is 2.66. The number of carbonyl (C=O) groups is 7. The fourth-order valence-electron chi connectivity index (χ4n) is 2.66. The van der Waals surface area contributed by atoms with E-state index < -0.39 is 85.0 Å². The lowest BCUT2D eigenvalue weighted by Gasteiger charge is -2.24. The van der Waals surface area contributed by atoms with E-state index in [-0.39, 0.29) is 25.3 Å². The van der Waals surface area contributed by atoms with Gasteiger partial charge in [-0.3, -0.25) is 33.8 Å². The lowest BCUT2D eigenvalue weighted by molar-refractivity contribution is -0.147. The minimum Gasteiger partial charge on any atom is -0.481 e.